The summed E-state index contributed by atoms with van der Waals surface area (Å²) in [6.45, 7) is 2.67. The van der Waals surface area contributed by atoms with Crippen LogP contribution >= 0.6 is 0 Å². The molecule has 2 heterocycles. The topological polar surface area (TPSA) is 65.1 Å². The predicted octanol–water partition coefficient (Wildman–Crippen LogP) is 1.45. The molecule has 0 aliphatic rings. The average Bonchev–Trinajstić information content (AvgIpc) is 2.83. The molecular weight excluding hydrogens is 254 g/mol. The molecular formula is C14H19N5O. The van der Waals surface area contributed by atoms with Crippen molar-refractivity contribution in [1.29, 1.82) is 0 Å². The predicted molar refractivity (Wildman–Crippen MR) is 77.7 cm³/mol. The van der Waals surface area contributed by atoms with Crippen LogP contribution < -0.4 is 4.90 Å². The number of carbonyl (C=O) groups is 1. The van der Waals surface area contributed by atoms with Crippen LogP contribution in [0.15, 0.2) is 24.4 Å². The van der Waals surface area contributed by atoms with Crippen molar-refractivity contribution in [3.63, 3.8) is 0 Å². The molecule has 0 fully saturated rings. The van der Waals surface area contributed by atoms with Gasteiger partial charge in [0.1, 0.15) is 11.5 Å². The number of amides is 1. The lowest BCUT2D eigenvalue weighted by atomic mass is 10.2. The highest BCUT2D eigenvalue weighted by Crippen LogP contribution is 2.15. The average molecular weight is 273 g/mol. The van der Waals surface area contributed by atoms with Crippen LogP contribution in [-0.4, -0.2) is 47.1 Å². The lowest BCUT2D eigenvalue weighted by Crippen LogP contribution is -2.24. The summed E-state index contributed by atoms with van der Waals surface area (Å²) in [7, 11) is 5.38. The van der Waals surface area contributed by atoms with Gasteiger partial charge in [0, 0.05) is 38.9 Å². The highest BCUT2D eigenvalue weighted by Gasteiger charge is 2.12. The zero-order chi connectivity index (χ0) is 14.7. The molecule has 0 aromatic carbocycles. The Morgan fingerprint density at radius 3 is 2.65 bits per heavy atom. The molecule has 0 spiro atoms. The van der Waals surface area contributed by atoms with Crippen molar-refractivity contribution in [3.8, 4) is 0 Å². The molecule has 0 atom stereocenters. The minimum atomic E-state index is -0.0975. The Morgan fingerprint density at radius 1 is 1.30 bits per heavy atom. The molecule has 2 aromatic heterocycles. The minimum absolute atomic E-state index is 0.0975. The normalized spacial score (nSPS) is 10.4. The summed E-state index contributed by atoms with van der Waals surface area (Å²) in [6, 6.07) is 5.46. The second-order valence-electron chi connectivity index (χ2n) is 4.96. The first-order valence-electron chi connectivity index (χ1n) is 6.37. The van der Waals surface area contributed by atoms with E-state index < -0.39 is 0 Å². The fourth-order valence-corrected chi connectivity index (χ4v) is 1.86. The Labute approximate surface area is 118 Å². The first kappa shape index (κ1) is 14.0. The van der Waals surface area contributed by atoms with E-state index in [2.05, 4.69) is 15.2 Å². The molecule has 1 amide bonds. The summed E-state index contributed by atoms with van der Waals surface area (Å²) in [5, 5.41) is 6.92. The number of nitrogens with one attached hydrogen (secondary N) is 1. The summed E-state index contributed by atoms with van der Waals surface area (Å²) >= 11 is 0. The third-order valence-corrected chi connectivity index (χ3v) is 3.09. The number of rotatable bonds is 4. The first-order chi connectivity index (χ1) is 9.49. The van der Waals surface area contributed by atoms with Gasteiger partial charge in [-0.05, 0) is 19.1 Å². The Balaban J connectivity index is 2.18. The van der Waals surface area contributed by atoms with Crippen molar-refractivity contribution in [2.75, 3.05) is 26.0 Å². The van der Waals surface area contributed by atoms with Gasteiger partial charge in [0.05, 0.1) is 6.20 Å². The molecule has 0 saturated heterocycles. The van der Waals surface area contributed by atoms with E-state index in [9.17, 15) is 4.79 Å². The molecule has 0 unspecified atom stereocenters. The number of aromatic amines is 1. The van der Waals surface area contributed by atoms with E-state index in [-0.39, 0.29) is 5.91 Å². The molecule has 6 nitrogen and oxygen atoms in total. The lowest BCUT2D eigenvalue weighted by molar-refractivity contribution is 0.0822. The van der Waals surface area contributed by atoms with Crippen LogP contribution in [-0.2, 0) is 6.54 Å². The fourth-order valence-electron chi connectivity index (χ4n) is 1.86. The van der Waals surface area contributed by atoms with E-state index in [1.807, 2.05) is 31.0 Å². The summed E-state index contributed by atoms with van der Waals surface area (Å²) < 4.78 is 0. The van der Waals surface area contributed by atoms with Gasteiger partial charge in [-0.15, -0.1) is 0 Å². The molecule has 1 N–H and O–H groups in total. The van der Waals surface area contributed by atoms with Gasteiger partial charge in [0.2, 0.25) is 0 Å². The highest BCUT2D eigenvalue weighted by molar-refractivity contribution is 5.92. The van der Waals surface area contributed by atoms with Gasteiger partial charge in [-0.3, -0.25) is 9.89 Å². The zero-order valence-corrected chi connectivity index (χ0v) is 12.2. The Kier molecular flexibility index (Phi) is 4.02. The summed E-state index contributed by atoms with van der Waals surface area (Å²) in [5.74, 6) is 0.665. The molecule has 2 rings (SSSR count). The maximum atomic E-state index is 11.9. The maximum Gasteiger partial charge on any atom is 0.272 e. The zero-order valence-electron chi connectivity index (χ0n) is 12.2. The van der Waals surface area contributed by atoms with Crippen molar-refractivity contribution in [2.45, 2.75) is 13.5 Å². The molecule has 0 aliphatic heterocycles. The van der Waals surface area contributed by atoms with Crippen LogP contribution in [0.1, 0.15) is 21.7 Å². The number of carbonyl (C=O) groups excluding carboxylic acids is 1. The number of anilines is 1. The van der Waals surface area contributed by atoms with Gasteiger partial charge in [-0.2, -0.15) is 5.10 Å². The fraction of sp³-hybridized carbons (Fsp3) is 0.357. The van der Waals surface area contributed by atoms with Gasteiger partial charge in [-0.1, -0.05) is 6.07 Å². The number of pyridine rings is 1. The van der Waals surface area contributed by atoms with E-state index in [1.165, 1.54) is 4.90 Å². The second-order valence-corrected chi connectivity index (χ2v) is 4.96. The highest BCUT2D eigenvalue weighted by atomic mass is 16.2. The molecule has 0 saturated carbocycles. The Hall–Kier alpha value is -2.37. The minimum Gasteiger partial charge on any atom is -0.355 e. The SMILES string of the molecule is Cc1[nH]ncc1CN(C)c1cccc(C(=O)N(C)C)n1. The standard InChI is InChI=1S/C14H19N5O/c1-10-11(8-15-17-10)9-19(4)13-7-5-6-12(16-13)14(20)18(2)3/h5-8H,9H2,1-4H3,(H,15,17). The lowest BCUT2D eigenvalue weighted by Gasteiger charge is -2.19. The monoisotopic (exact) mass is 273 g/mol. The molecule has 6 heteroatoms. The van der Waals surface area contributed by atoms with Gasteiger partial charge < -0.3 is 9.80 Å². The van der Waals surface area contributed by atoms with Crippen LogP contribution in [0, 0.1) is 6.92 Å². The Bertz CT molecular complexity index is 605. The first-order valence-corrected chi connectivity index (χ1v) is 6.37. The number of aryl methyl sites for hydroxylation is 1. The van der Waals surface area contributed by atoms with Crippen molar-refractivity contribution < 1.29 is 4.79 Å². The Morgan fingerprint density at radius 2 is 2.05 bits per heavy atom. The molecule has 20 heavy (non-hydrogen) atoms. The van der Waals surface area contributed by atoms with Crippen molar-refractivity contribution in [3.05, 3.63) is 41.3 Å². The quantitative estimate of drug-likeness (QED) is 0.915. The third-order valence-electron chi connectivity index (χ3n) is 3.09. The molecule has 0 radical (unpaired) electrons. The molecule has 2 aromatic rings. The van der Waals surface area contributed by atoms with Gasteiger partial charge in [-0.25, -0.2) is 4.98 Å². The third kappa shape index (κ3) is 2.96. The van der Waals surface area contributed by atoms with Crippen LogP contribution in [0.5, 0.6) is 0 Å². The summed E-state index contributed by atoms with van der Waals surface area (Å²) in [5.41, 5.74) is 2.60. The van der Waals surface area contributed by atoms with Gasteiger partial charge in [0.25, 0.3) is 5.91 Å². The largest absolute Gasteiger partial charge is 0.355 e. The number of hydrogen-bond donors (Lipinski definition) is 1. The van der Waals surface area contributed by atoms with Crippen molar-refractivity contribution in [2.24, 2.45) is 0 Å². The molecule has 0 bridgehead atoms. The number of H-pyrrole nitrogens is 1. The second kappa shape index (κ2) is 5.73. The van der Waals surface area contributed by atoms with Gasteiger partial charge >= 0.3 is 0 Å². The van der Waals surface area contributed by atoms with E-state index in [0.29, 0.717) is 12.2 Å². The number of aromatic nitrogens is 3. The van der Waals surface area contributed by atoms with Crippen molar-refractivity contribution >= 4 is 11.7 Å². The molecule has 0 aliphatic carbocycles. The van der Waals surface area contributed by atoms with Crippen LogP contribution in [0.25, 0.3) is 0 Å². The maximum absolute atomic E-state index is 11.9. The van der Waals surface area contributed by atoms with Crippen LogP contribution in [0.4, 0.5) is 5.82 Å². The number of nitrogens with zero attached hydrogens (tertiary/aromatic N) is 4. The van der Waals surface area contributed by atoms with E-state index >= 15 is 0 Å². The summed E-state index contributed by atoms with van der Waals surface area (Å²) in [4.78, 5) is 19.8. The number of hydrogen-bond acceptors (Lipinski definition) is 4. The van der Waals surface area contributed by atoms with E-state index in [0.717, 1.165) is 17.1 Å². The summed E-state index contributed by atoms with van der Waals surface area (Å²) in [6.07, 6.45) is 1.81. The van der Waals surface area contributed by atoms with E-state index in [4.69, 9.17) is 0 Å². The van der Waals surface area contributed by atoms with Crippen LogP contribution in [0.2, 0.25) is 0 Å². The van der Waals surface area contributed by atoms with Crippen LogP contribution in [0.3, 0.4) is 0 Å². The smallest absolute Gasteiger partial charge is 0.272 e. The van der Waals surface area contributed by atoms with Gasteiger partial charge in [0.15, 0.2) is 0 Å². The van der Waals surface area contributed by atoms with Crippen molar-refractivity contribution in [1.82, 2.24) is 20.1 Å². The molecule has 106 valence electrons. The van der Waals surface area contributed by atoms with E-state index in [1.54, 1.807) is 26.4 Å².